The maximum absolute atomic E-state index is 14.6. The van der Waals surface area contributed by atoms with Crippen molar-refractivity contribution in [2.24, 2.45) is 11.8 Å². The summed E-state index contributed by atoms with van der Waals surface area (Å²) < 4.78 is 41.1. The van der Waals surface area contributed by atoms with Crippen LogP contribution in [0.4, 0.5) is 13.2 Å². The Bertz CT molecular complexity index is 538. The second-order valence-corrected chi connectivity index (χ2v) is 8.02. The van der Waals surface area contributed by atoms with Crippen LogP contribution in [0, 0.1) is 23.5 Å². The average molecular weight is 338 g/mol. The molecule has 0 unspecified atom stereocenters. The molecule has 2 aliphatic rings. The van der Waals surface area contributed by atoms with Crippen molar-refractivity contribution in [1.82, 2.24) is 0 Å². The maximum atomic E-state index is 14.6. The van der Waals surface area contributed by atoms with Gasteiger partial charge in [-0.2, -0.15) is 0 Å². The summed E-state index contributed by atoms with van der Waals surface area (Å²) in [7, 11) is 0. The van der Waals surface area contributed by atoms with Crippen molar-refractivity contribution in [3.05, 3.63) is 35.4 Å². The number of halogens is 3. The molecule has 0 nitrogen and oxygen atoms in total. The summed E-state index contributed by atoms with van der Waals surface area (Å²) in [4.78, 5) is 0. The quantitative estimate of drug-likeness (QED) is 0.558. The summed E-state index contributed by atoms with van der Waals surface area (Å²) in [5.74, 6) is 0.197. The molecule has 0 atom stereocenters. The molecule has 1 aromatic rings. The minimum Gasteiger partial charge on any atom is -0.244 e. The van der Waals surface area contributed by atoms with Crippen LogP contribution >= 0.6 is 0 Å². The lowest BCUT2D eigenvalue weighted by atomic mass is 9.67. The SMILES string of the molecule is CCCC1(F)CCC(C2CCC(c3ccc(F)c(F)c3)CC2)CC1. The van der Waals surface area contributed by atoms with Crippen LogP contribution in [0.1, 0.15) is 82.6 Å². The zero-order valence-electron chi connectivity index (χ0n) is 14.7. The standard InChI is InChI=1S/C21H29F3/c1-2-11-21(24)12-9-17(10-13-21)15-3-5-16(6-4-15)18-7-8-19(22)20(23)14-18/h7-8,14-17H,2-6,9-13H2,1H3. The Morgan fingerprint density at radius 2 is 1.54 bits per heavy atom. The van der Waals surface area contributed by atoms with E-state index in [1.54, 1.807) is 6.07 Å². The van der Waals surface area contributed by atoms with Crippen molar-refractivity contribution >= 4 is 0 Å². The molecule has 3 rings (SSSR count). The average Bonchev–Trinajstić information content (AvgIpc) is 2.58. The Morgan fingerprint density at radius 1 is 0.917 bits per heavy atom. The molecule has 2 saturated carbocycles. The lowest BCUT2D eigenvalue weighted by Gasteiger charge is -2.40. The largest absolute Gasteiger partial charge is 0.244 e. The topological polar surface area (TPSA) is 0 Å². The summed E-state index contributed by atoms with van der Waals surface area (Å²) >= 11 is 0. The van der Waals surface area contributed by atoms with Crippen LogP contribution in [0.25, 0.3) is 0 Å². The van der Waals surface area contributed by atoms with Gasteiger partial charge in [-0.05, 0) is 93.2 Å². The number of benzene rings is 1. The maximum Gasteiger partial charge on any atom is 0.159 e. The highest BCUT2D eigenvalue weighted by atomic mass is 19.2. The third-order valence-electron chi connectivity index (χ3n) is 6.48. The minimum atomic E-state index is -0.909. The van der Waals surface area contributed by atoms with Gasteiger partial charge in [0, 0.05) is 0 Å². The molecule has 24 heavy (non-hydrogen) atoms. The fraction of sp³-hybridized carbons (Fsp3) is 0.714. The van der Waals surface area contributed by atoms with Crippen molar-refractivity contribution in [2.75, 3.05) is 0 Å². The van der Waals surface area contributed by atoms with Gasteiger partial charge in [-0.25, -0.2) is 13.2 Å². The molecule has 2 aliphatic carbocycles. The molecule has 0 bridgehead atoms. The summed E-state index contributed by atoms with van der Waals surface area (Å²) in [6.07, 6.45) is 9.52. The van der Waals surface area contributed by atoms with Crippen LogP contribution < -0.4 is 0 Å². The third-order valence-corrected chi connectivity index (χ3v) is 6.48. The molecule has 0 spiro atoms. The van der Waals surface area contributed by atoms with Gasteiger partial charge in [-0.1, -0.05) is 19.4 Å². The van der Waals surface area contributed by atoms with Crippen LogP contribution in [-0.4, -0.2) is 5.67 Å². The molecule has 1 aromatic carbocycles. The van der Waals surface area contributed by atoms with Gasteiger partial charge in [0.2, 0.25) is 0 Å². The molecule has 0 saturated heterocycles. The molecule has 0 amide bonds. The van der Waals surface area contributed by atoms with Crippen molar-refractivity contribution in [3.63, 3.8) is 0 Å². The van der Waals surface area contributed by atoms with Crippen molar-refractivity contribution in [2.45, 2.75) is 82.7 Å². The van der Waals surface area contributed by atoms with Gasteiger partial charge in [-0.3, -0.25) is 0 Å². The Morgan fingerprint density at radius 3 is 2.12 bits per heavy atom. The van der Waals surface area contributed by atoms with E-state index in [0.717, 1.165) is 63.4 Å². The monoisotopic (exact) mass is 338 g/mol. The summed E-state index contributed by atoms with van der Waals surface area (Å²) in [6, 6.07) is 4.34. The van der Waals surface area contributed by atoms with Gasteiger partial charge in [-0.15, -0.1) is 0 Å². The van der Waals surface area contributed by atoms with Crippen molar-refractivity contribution in [3.8, 4) is 0 Å². The zero-order valence-corrected chi connectivity index (χ0v) is 14.7. The van der Waals surface area contributed by atoms with Crippen LogP contribution in [-0.2, 0) is 0 Å². The second kappa shape index (κ2) is 7.49. The first-order chi connectivity index (χ1) is 11.5. The van der Waals surface area contributed by atoms with Gasteiger partial charge in [0.25, 0.3) is 0 Å². The second-order valence-electron chi connectivity index (χ2n) is 8.02. The Hall–Kier alpha value is -0.990. The molecule has 0 radical (unpaired) electrons. The van der Waals surface area contributed by atoms with Crippen molar-refractivity contribution < 1.29 is 13.2 Å². The molecule has 0 N–H and O–H groups in total. The van der Waals surface area contributed by atoms with Crippen LogP contribution in [0.2, 0.25) is 0 Å². The third kappa shape index (κ3) is 3.97. The molecule has 3 heteroatoms. The van der Waals surface area contributed by atoms with E-state index in [9.17, 15) is 13.2 Å². The lowest BCUT2D eigenvalue weighted by molar-refractivity contribution is 0.0498. The first-order valence-electron chi connectivity index (χ1n) is 9.64. The number of rotatable bonds is 4. The predicted molar refractivity (Wildman–Crippen MR) is 91.8 cm³/mol. The van der Waals surface area contributed by atoms with E-state index in [1.807, 2.05) is 0 Å². The minimum absolute atomic E-state index is 0.347. The normalized spacial score (nSPS) is 34.2. The Kier molecular flexibility index (Phi) is 5.56. The molecule has 2 fully saturated rings. The smallest absolute Gasteiger partial charge is 0.159 e. The zero-order chi connectivity index (χ0) is 17.2. The summed E-state index contributed by atoms with van der Waals surface area (Å²) in [5, 5.41) is 0. The highest BCUT2D eigenvalue weighted by molar-refractivity contribution is 5.22. The van der Waals surface area contributed by atoms with Crippen LogP contribution in [0.15, 0.2) is 18.2 Å². The van der Waals surface area contributed by atoms with Crippen molar-refractivity contribution in [1.29, 1.82) is 0 Å². The highest BCUT2D eigenvalue weighted by Gasteiger charge is 2.38. The van der Waals surface area contributed by atoms with Gasteiger partial charge in [0.05, 0.1) is 0 Å². The molecule has 0 aliphatic heterocycles. The first kappa shape index (κ1) is 17.8. The Balaban J connectivity index is 1.51. The fourth-order valence-electron chi connectivity index (χ4n) is 5.02. The van der Waals surface area contributed by atoms with E-state index < -0.39 is 17.3 Å². The lowest BCUT2D eigenvalue weighted by Crippen LogP contribution is -2.33. The van der Waals surface area contributed by atoms with E-state index >= 15 is 0 Å². The molecule has 134 valence electrons. The predicted octanol–water partition coefficient (Wildman–Crippen LogP) is 6.94. The van der Waals surface area contributed by atoms with Gasteiger partial charge in [0.1, 0.15) is 5.67 Å². The van der Waals surface area contributed by atoms with Gasteiger partial charge in [0.15, 0.2) is 11.6 Å². The van der Waals surface area contributed by atoms with Crippen LogP contribution in [0.5, 0.6) is 0 Å². The first-order valence-corrected chi connectivity index (χ1v) is 9.64. The van der Waals surface area contributed by atoms with Gasteiger partial charge < -0.3 is 0 Å². The van der Waals surface area contributed by atoms with E-state index in [1.165, 1.54) is 12.1 Å². The van der Waals surface area contributed by atoms with E-state index in [4.69, 9.17) is 0 Å². The number of alkyl halides is 1. The van der Waals surface area contributed by atoms with E-state index in [0.29, 0.717) is 24.2 Å². The van der Waals surface area contributed by atoms with Crippen LogP contribution in [0.3, 0.4) is 0 Å². The van der Waals surface area contributed by atoms with E-state index in [-0.39, 0.29) is 0 Å². The summed E-state index contributed by atoms with van der Waals surface area (Å²) in [6.45, 7) is 2.06. The number of hydrogen-bond donors (Lipinski definition) is 0. The summed E-state index contributed by atoms with van der Waals surface area (Å²) in [5.41, 5.74) is 0.0235. The molecule has 0 aromatic heterocycles. The molecule has 0 heterocycles. The molecular weight excluding hydrogens is 309 g/mol. The highest BCUT2D eigenvalue weighted by Crippen LogP contribution is 2.46. The Labute approximate surface area is 143 Å². The number of hydrogen-bond acceptors (Lipinski definition) is 0. The molecular formula is C21H29F3. The van der Waals surface area contributed by atoms with Gasteiger partial charge >= 0.3 is 0 Å². The van der Waals surface area contributed by atoms with E-state index in [2.05, 4.69) is 6.92 Å². The fourth-order valence-corrected chi connectivity index (χ4v) is 5.02.